The third-order valence-electron chi connectivity index (χ3n) is 4.45. The van der Waals surface area contributed by atoms with Crippen LogP contribution in [0.3, 0.4) is 0 Å². The van der Waals surface area contributed by atoms with Gasteiger partial charge in [0.05, 0.1) is 11.1 Å². The molecule has 0 heterocycles. The van der Waals surface area contributed by atoms with Crippen LogP contribution >= 0.6 is 23.2 Å². The van der Waals surface area contributed by atoms with Gasteiger partial charge in [0.15, 0.2) is 0 Å². The van der Waals surface area contributed by atoms with Crippen LogP contribution in [0.5, 0.6) is 0 Å². The van der Waals surface area contributed by atoms with Crippen molar-refractivity contribution in [1.29, 1.82) is 0 Å². The van der Waals surface area contributed by atoms with Crippen LogP contribution in [0.15, 0.2) is 72.8 Å². The molecule has 6 heteroatoms. The van der Waals surface area contributed by atoms with Crippen LogP contribution < -0.4 is 0 Å². The SMILES string of the molecule is O=C(OCc1ccc(COC(=O)c2ccc(CCl)cc2)cc1)c1ccc(CCl)cc1. The van der Waals surface area contributed by atoms with Gasteiger partial charge in [0.25, 0.3) is 0 Å². The van der Waals surface area contributed by atoms with Gasteiger partial charge in [-0.1, -0.05) is 48.5 Å². The van der Waals surface area contributed by atoms with Gasteiger partial charge in [-0.05, 0) is 46.5 Å². The lowest BCUT2D eigenvalue weighted by molar-refractivity contribution is 0.0460. The Balaban J connectivity index is 1.48. The van der Waals surface area contributed by atoms with Crippen molar-refractivity contribution in [2.45, 2.75) is 25.0 Å². The van der Waals surface area contributed by atoms with Crippen LogP contribution in [0.1, 0.15) is 43.0 Å². The van der Waals surface area contributed by atoms with Crippen LogP contribution in [0.4, 0.5) is 0 Å². The summed E-state index contributed by atoms with van der Waals surface area (Å²) < 4.78 is 10.7. The highest BCUT2D eigenvalue weighted by atomic mass is 35.5. The molecular formula is C24H20Cl2O4. The fraction of sp³-hybridized carbons (Fsp3) is 0.167. The smallest absolute Gasteiger partial charge is 0.338 e. The largest absolute Gasteiger partial charge is 0.457 e. The maximum Gasteiger partial charge on any atom is 0.338 e. The summed E-state index contributed by atoms with van der Waals surface area (Å²) in [5.41, 5.74) is 4.52. The number of hydrogen-bond acceptors (Lipinski definition) is 4. The van der Waals surface area contributed by atoms with E-state index in [-0.39, 0.29) is 13.2 Å². The molecule has 3 aromatic rings. The zero-order valence-electron chi connectivity index (χ0n) is 16.1. The molecule has 0 bridgehead atoms. The van der Waals surface area contributed by atoms with Crippen molar-refractivity contribution in [3.05, 3.63) is 106 Å². The molecule has 0 saturated carbocycles. The highest BCUT2D eigenvalue weighted by Crippen LogP contribution is 2.13. The van der Waals surface area contributed by atoms with Gasteiger partial charge < -0.3 is 9.47 Å². The summed E-state index contributed by atoms with van der Waals surface area (Å²) in [7, 11) is 0. The molecule has 4 nitrogen and oxygen atoms in total. The van der Waals surface area contributed by atoms with Gasteiger partial charge in [0, 0.05) is 11.8 Å². The number of rotatable bonds is 8. The van der Waals surface area contributed by atoms with Crippen molar-refractivity contribution < 1.29 is 19.1 Å². The first-order valence-corrected chi connectivity index (χ1v) is 10.4. The van der Waals surface area contributed by atoms with E-state index in [0.717, 1.165) is 22.3 Å². The molecule has 0 amide bonds. The third kappa shape index (κ3) is 6.09. The summed E-state index contributed by atoms with van der Waals surface area (Å²) in [5.74, 6) is 0.0119. The van der Waals surface area contributed by atoms with Crippen molar-refractivity contribution in [3.8, 4) is 0 Å². The Labute approximate surface area is 185 Å². The molecule has 0 saturated heterocycles. The molecule has 3 aromatic carbocycles. The minimum atomic E-state index is -0.394. The first-order valence-electron chi connectivity index (χ1n) is 9.31. The lowest BCUT2D eigenvalue weighted by Gasteiger charge is -2.08. The second-order valence-corrected chi connectivity index (χ2v) is 7.16. The summed E-state index contributed by atoms with van der Waals surface area (Å²) >= 11 is 11.5. The number of hydrogen-bond donors (Lipinski definition) is 0. The topological polar surface area (TPSA) is 52.6 Å². The second kappa shape index (κ2) is 10.8. The maximum absolute atomic E-state index is 12.1. The molecule has 0 aliphatic heterocycles. The summed E-state index contributed by atoms with van der Waals surface area (Å²) in [4.78, 5) is 24.2. The molecule has 0 spiro atoms. The highest BCUT2D eigenvalue weighted by Gasteiger charge is 2.09. The van der Waals surface area contributed by atoms with Crippen molar-refractivity contribution in [2.75, 3.05) is 0 Å². The minimum absolute atomic E-state index is 0.156. The monoisotopic (exact) mass is 442 g/mol. The average Bonchev–Trinajstić information content (AvgIpc) is 2.81. The van der Waals surface area contributed by atoms with Gasteiger partial charge in [-0.25, -0.2) is 9.59 Å². The molecule has 0 unspecified atom stereocenters. The predicted octanol–water partition coefficient (Wildman–Crippen LogP) is 5.88. The van der Waals surface area contributed by atoms with Gasteiger partial charge in [0.1, 0.15) is 13.2 Å². The quantitative estimate of drug-likeness (QED) is 0.322. The summed E-state index contributed by atoms with van der Waals surface area (Å²) in [5, 5.41) is 0. The Morgan fingerprint density at radius 1 is 0.533 bits per heavy atom. The predicted molar refractivity (Wildman–Crippen MR) is 117 cm³/mol. The standard InChI is InChI=1S/C24H20Cl2O4/c25-13-17-5-9-21(10-6-17)23(27)29-15-19-1-2-20(4-3-19)16-30-24(28)22-11-7-18(14-26)8-12-22/h1-12H,13-16H2. The Kier molecular flexibility index (Phi) is 7.89. The number of esters is 2. The Morgan fingerprint density at radius 2 is 0.833 bits per heavy atom. The van der Waals surface area contributed by atoms with Crippen molar-refractivity contribution in [2.24, 2.45) is 0 Å². The van der Waals surface area contributed by atoms with E-state index >= 15 is 0 Å². The van der Waals surface area contributed by atoms with Crippen molar-refractivity contribution in [3.63, 3.8) is 0 Å². The van der Waals surface area contributed by atoms with Gasteiger partial charge in [-0.15, -0.1) is 23.2 Å². The molecule has 30 heavy (non-hydrogen) atoms. The van der Waals surface area contributed by atoms with Crippen LogP contribution in [0.25, 0.3) is 0 Å². The Bertz CT molecular complexity index is 899. The zero-order chi connectivity index (χ0) is 21.3. The van der Waals surface area contributed by atoms with Crippen LogP contribution in [0.2, 0.25) is 0 Å². The van der Waals surface area contributed by atoms with E-state index < -0.39 is 11.9 Å². The number of alkyl halides is 2. The van der Waals surface area contributed by atoms with Gasteiger partial charge in [0.2, 0.25) is 0 Å². The van der Waals surface area contributed by atoms with Crippen LogP contribution in [-0.4, -0.2) is 11.9 Å². The van der Waals surface area contributed by atoms with Gasteiger partial charge in [-0.2, -0.15) is 0 Å². The van der Waals surface area contributed by atoms with E-state index in [4.69, 9.17) is 32.7 Å². The molecule has 3 rings (SSSR count). The van der Waals surface area contributed by atoms with Gasteiger partial charge in [-0.3, -0.25) is 0 Å². The molecule has 0 aliphatic rings. The Hall–Kier alpha value is -2.82. The van der Waals surface area contributed by atoms with E-state index in [1.54, 1.807) is 48.5 Å². The highest BCUT2D eigenvalue weighted by molar-refractivity contribution is 6.17. The summed E-state index contributed by atoms with van der Waals surface area (Å²) in [6.45, 7) is 0.312. The fourth-order valence-electron chi connectivity index (χ4n) is 2.66. The number of ether oxygens (including phenoxy) is 2. The van der Waals surface area contributed by atoms with E-state index in [1.165, 1.54) is 0 Å². The number of halogens is 2. The zero-order valence-corrected chi connectivity index (χ0v) is 17.7. The third-order valence-corrected chi connectivity index (χ3v) is 5.07. The Morgan fingerprint density at radius 3 is 1.13 bits per heavy atom. The van der Waals surface area contributed by atoms with Crippen molar-refractivity contribution in [1.82, 2.24) is 0 Å². The van der Waals surface area contributed by atoms with E-state index in [9.17, 15) is 9.59 Å². The lowest BCUT2D eigenvalue weighted by Crippen LogP contribution is -2.06. The molecule has 0 aromatic heterocycles. The maximum atomic E-state index is 12.1. The lowest BCUT2D eigenvalue weighted by atomic mass is 10.1. The van der Waals surface area contributed by atoms with E-state index in [2.05, 4.69) is 0 Å². The number of benzene rings is 3. The fourth-order valence-corrected chi connectivity index (χ4v) is 3.01. The summed E-state index contributed by atoms with van der Waals surface area (Å²) in [6.07, 6.45) is 0. The first kappa shape index (κ1) is 21.9. The molecule has 0 N–H and O–H groups in total. The number of carbonyl (C=O) groups is 2. The van der Waals surface area contributed by atoms with Gasteiger partial charge >= 0.3 is 11.9 Å². The molecule has 0 aliphatic carbocycles. The molecule has 0 atom stereocenters. The second-order valence-electron chi connectivity index (χ2n) is 6.63. The van der Waals surface area contributed by atoms with Crippen molar-refractivity contribution >= 4 is 35.1 Å². The van der Waals surface area contributed by atoms with Crippen LogP contribution in [-0.2, 0) is 34.4 Å². The molecule has 154 valence electrons. The molecule has 0 fully saturated rings. The first-order chi connectivity index (χ1) is 14.6. The molecular weight excluding hydrogens is 423 g/mol. The van der Waals surface area contributed by atoms with E-state index in [0.29, 0.717) is 22.9 Å². The molecule has 0 radical (unpaired) electrons. The van der Waals surface area contributed by atoms with Crippen LogP contribution in [0, 0.1) is 0 Å². The minimum Gasteiger partial charge on any atom is -0.457 e. The average molecular weight is 443 g/mol. The number of carbonyl (C=O) groups excluding carboxylic acids is 2. The van der Waals surface area contributed by atoms with E-state index in [1.807, 2.05) is 24.3 Å². The summed E-state index contributed by atoms with van der Waals surface area (Å²) in [6, 6.07) is 21.3. The normalized spacial score (nSPS) is 10.5.